The number of anilines is 2. The third-order valence-electron chi connectivity index (χ3n) is 5.12. The molecule has 0 bridgehead atoms. The summed E-state index contributed by atoms with van der Waals surface area (Å²) in [6.45, 7) is 3.59. The smallest absolute Gasteiger partial charge is 0.338 e. The van der Waals surface area contributed by atoms with Crippen LogP contribution < -0.4 is 10.2 Å². The normalized spacial score (nSPS) is 12.5. The fraction of sp³-hybridized carbons (Fsp3) is 0.160. The Kier molecular flexibility index (Phi) is 6.72. The maximum absolute atomic E-state index is 13.5. The molecule has 0 atom stereocenters. The summed E-state index contributed by atoms with van der Waals surface area (Å²) in [5.74, 6) is -1.19. The molecule has 3 aromatic carbocycles. The highest BCUT2D eigenvalue weighted by Gasteiger charge is 2.29. The molecule has 0 spiro atoms. The van der Waals surface area contributed by atoms with E-state index >= 15 is 0 Å². The minimum atomic E-state index is -0.488. The molecule has 0 aromatic heterocycles. The molecule has 1 aliphatic heterocycles. The number of nitrogens with one attached hydrogen (secondary N) is 1. The van der Waals surface area contributed by atoms with Gasteiger partial charge in [0.25, 0.3) is 5.91 Å². The van der Waals surface area contributed by atoms with Crippen molar-refractivity contribution in [3.05, 3.63) is 82.4 Å². The van der Waals surface area contributed by atoms with Gasteiger partial charge in [0.1, 0.15) is 6.54 Å². The van der Waals surface area contributed by atoms with Crippen molar-refractivity contribution in [2.24, 2.45) is 0 Å². The molecule has 168 valence electrons. The Morgan fingerprint density at radius 2 is 1.85 bits per heavy atom. The lowest BCUT2D eigenvalue weighted by atomic mass is 10.1. The Morgan fingerprint density at radius 3 is 2.64 bits per heavy atom. The number of halogens is 1. The van der Waals surface area contributed by atoms with Crippen molar-refractivity contribution >= 4 is 52.5 Å². The number of fused-ring (bicyclic) bond motifs is 2. The number of amides is 2. The van der Waals surface area contributed by atoms with E-state index < -0.39 is 5.97 Å². The van der Waals surface area contributed by atoms with Crippen molar-refractivity contribution in [3.8, 4) is 0 Å². The van der Waals surface area contributed by atoms with E-state index in [2.05, 4.69) is 5.32 Å². The lowest BCUT2D eigenvalue weighted by Crippen LogP contribution is -2.38. The van der Waals surface area contributed by atoms with Crippen LogP contribution in [0.2, 0.25) is 5.02 Å². The first-order valence-electron chi connectivity index (χ1n) is 10.3. The molecule has 8 heteroatoms. The monoisotopic (exact) mass is 480 g/mol. The molecule has 0 radical (unpaired) electrons. The molecule has 33 heavy (non-hydrogen) atoms. The SMILES string of the molecule is CCOC(=O)c1ccc2c(c1)N(CC(=O)Nc1cc(Cl)ccc1C)C(=O)c1ccccc1S2. The third kappa shape index (κ3) is 4.89. The molecule has 0 unspecified atom stereocenters. The number of hydrogen-bond acceptors (Lipinski definition) is 5. The molecule has 1 aliphatic rings. The van der Waals surface area contributed by atoms with E-state index in [-0.39, 0.29) is 25.0 Å². The number of esters is 1. The summed E-state index contributed by atoms with van der Waals surface area (Å²) >= 11 is 7.49. The zero-order valence-corrected chi connectivity index (χ0v) is 19.6. The second-order valence-corrected chi connectivity index (χ2v) is 8.92. The molecule has 3 aromatic rings. The van der Waals surface area contributed by atoms with Crippen molar-refractivity contribution in [2.75, 3.05) is 23.4 Å². The summed E-state index contributed by atoms with van der Waals surface area (Å²) in [4.78, 5) is 41.8. The second kappa shape index (κ2) is 9.68. The van der Waals surface area contributed by atoms with Crippen LogP contribution in [0.5, 0.6) is 0 Å². The van der Waals surface area contributed by atoms with Crippen LogP contribution in [0, 0.1) is 6.92 Å². The van der Waals surface area contributed by atoms with Crippen LogP contribution in [0.3, 0.4) is 0 Å². The molecular weight excluding hydrogens is 460 g/mol. The number of ether oxygens (including phenoxy) is 1. The molecule has 6 nitrogen and oxygen atoms in total. The van der Waals surface area contributed by atoms with Crippen LogP contribution in [0.25, 0.3) is 0 Å². The molecule has 1 heterocycles. The molecule has 0 saturated heterocycles. The molecule has 0 aliphatic carbocycles. The van der Waals surface area contributed by atoms with E-state index in [1.165, 1.54) is 16.7 Å². The molecule has 0 fully saturated rings. The van der Waals surface area contributed by atoms with E-state index in [9.17, 15) is 14.4 Å². The van der Waals surface area contributed by atoms with Gasteiger partial charge in [0, 0.05) is 20.5 Å². The average Bonchev–Trinajstić information content (AvgIpc) is 2.91. The fourth-order valence-corrected chi connectivity index (χ4v) is 4.71. The highest BCUT2D eigenvalue weighted by Crippen LogP contribution is 2.41. The number of carbonyl (C=O) groups is 3. The Balaban J connectivity index is 1.72. The largest absolute Gasteiger partial charge is 0.462 e. The van der Waals surface area contributed by atoms with Gasteiger partial charge in [-0.15, -0.1) is 0 Å². The van der Waals surface area contributed by atoms with Crippen molar-refractivity contribution in [1.82, 2.24) is 0 Å². The minimum absolute atomic E-state index is 0.236. The topological polar surface area (TPSA) is 75.7 Å². The summed E-state index contributed by atoms with van der Waals surface area (Å²) in [5.41, 5.74) is 2.70. The van der Waals surface area contributed by atoms with Gasteiger partial charge >= 0.3 is 5.97 Å². The van der Waals surface area contributed by atoms with Gasteiger partial charge in [0.05, 0.1) is 23.4 Å². The maximum Gasteiger partial charge on any atom is 0.338 e. The predicted octanol–water partition coefficient (Wildman–Crippen LogP) is 5.58. The zero-order valence-electron chi connectivity index (χ0n) is 18.1. The summed E-state index contributed by atoms with van der Waals surface area (Å²) in [6, 6.07) is 17.5. The number of hydrogen-bond donors (Lipinski definition) is 1. The summed E-state index contributed by atoms with van der Waals surface area (Å²) in [7, 11) is 0. The number of nitrogens with zero attached hydrogens (tertiary/aromatic N) is 1. The zero-order chi connectivity index (χ0) is 23.5. The number of carbonyl (C=O) groups excluding carboxylic acids is 3. The highest BCUT2D eigenvalue weighted by atomic mass is 35.5. The van der Waals surface area contributed by atoms with Crippen LogP contribution in [0.15, 0.2) is 70.5 Å². The van der Waals surface area contributed by atoms with Gasteiger partial charge in [-0.3, -0.25) is 14.5 Å². The van der Waals surface area contributed by atoms with Crippen molar-refractivity contribution in [2.45, 2.75) is 23.6 Å². The maximum atomic E-state index is 13.5. The Hall–Kier alpha value is -3.29. The molecular formula is C25H21ClN2O4S. The first-order valence-corrected chi connectivity index (χ1v) is 11.5. The van der Waals surface area contributed by atoms with E-state index in [0.717, 1.165) is 15.4 Å². The summed E-state index contributed by atoms with van der Waals surface area (Å²) < 4.78 is 5.12. The van der Waals surface area contributed by atoms with Gasteiger partial charge in [-0.1, -0.05) is 41.6 Å². The average molecular weight is 481 g/mol. The van der Waals surface area contributed by atoms with E-state index in [4.69, 9.17) is 16.3 Å². The van der Waals surface area contributed by atoms with Crippen LogP contribution in [-0.2, 0) is 9.53 Å². The van der Waals surface area contributed by atoms with E-state index in [1.807, 2.05) is 25.1 Å². The van der Waals surface area contributed by atoms with E-state index in [1.54, 1.807) is 49.4 Å². The standard InChI is InChI=1S/C25H21ClN2O4S/c1-3-32-25(31)16-9-11-22-20(12-16)28(24(30)18-6-4-5-7-21(18)33-22)14-23(29)27-19-13-17(26)10-8-15(19)2/h4-13H,3,14H2,1-2H3,(H,27,29). The minimum Gasteiger partial charge on any atom is -0.462 e. The Labute approximate surface area is 200 Å². The van der Waals surface area contributed by atoms with Crippen LogP contribution in [0.1, 0.15) is 33.2 Å². The first kappa shape index (κ1) is 22.9. The number of benzene rings is 3. The van der Waals surface area contributed by atoms with Crippen molar-refractivity contribution in [1.29, 1.82) is 0 Å². The predicted molar refractivity (Wildman–Crippen MR) is 129 cm³/mol. The number of aryl methyl sites for hydroxylation is 1. The molecule has 1 N–H and O–H groups in total. The lowest BCUT2D eigenvalue weighted by molar-refractivity contribution is -0.114. The van der Waals surface area contributed by atoms with Crippen molar-refractivity contribution < 1.29 is 19.1 Å². The van der Waals surface area contributed by atoms with Gasteiger partial charge < -0.3 is 10.1 Å². The van der Waals surface area contributed by atoms with Gasteiger partial charge in [0.2, 0.25) is 5.91 Å². The van der Waals surface area contributed by atoms with Crippen molar-refractivity contribution in [3.63, 3.8) is 0 Å². The lowest BCUT2D eigenvalue weighted by Gasteiger charge is -2.23. The summed E-state index contributed by atoms with van der Waals surface area (Å²) in [5, 5.41) is 3.33. The van der Waals surface area contributed by atoms with Crippen LogP contribution in [-0.4, -0.2) is 30.9 Å². The number of rotatable bonds is 5. The Morgan fingerprint density at radius 1 is 1.06 bits per heavy atom. The van der Waals surface area contributed by atoms with Gasteiger partial charge in [-0.2, -0.15) is 0 Å². The molecule has 0 saturated carbocycles. The van der Waals surface area contributed by atoms with Gasteiger partial charge in [0.15, 0.2) is 0 Å². The Bertz CT molecular complexity index is 1260. The quantitative estimate of drug-likeness (QED) is 0.483. The first-order chi connectivity index (χ1) is 15.9. The van der Waals surface area contributed by atoms with Crippen LogP contribution >= 0.6 is 23.4 Å². The second-order valence-electron chi connectivity index (χ2n) is 7.40. The highest BCUT2D eigenvalue weighted by molar-refractivity contribution is 7.99. The molecule has 2 amide bonds. The molecule has 4 rings (SSSR count). The van der Waals surface area contributed by atoms with E-state index in [0.29, 0.717) is 27.5 Å². The summed E-state index contributed by atoms with van der Waals surface area (Å²) in [6.07, 6.45) is 0. The third-order valence-corrected chi connectivity index (χ3v) is 6.49. The van der Waals surface area contributed by atoms with Gasteiger partial charge in [-0.25, -0.2) is 4.79 Å². The van der Waals surface area contributed by atoms with Gasteiger partial charge in [-0.05, 0) is 61.9 Å². The van der Waals surface area contributed by atoms with Crippen LogP contribution in [0.4, 0.5) is 11.4 Å². The fourth-order valence-electron chi connectivity index (χ4n) is 3.48.